The molecule has 1 aromatic carbocycles. The van der Waals surface area contributed by atoms with Gasteiger partial charge in [0, 0.05) is 23.9 Å². The summed E-state index contributed by atoms with van der Waals surface area (Å²) < 4.78 is 6.48. The fraction of sp³-hybridized carbons (Fsp3) is 0.250. The summed E-state index contributed by atoms with van der Waals surface area (Å²) in [6.07, 6.45) is 1.44. The van der Waals surface area contributed by atoms with Crippen LogP contribution in [-0.2, 0) is 16.8 Å². The smallest absolute Gasteiger partial charge is 0.338 e. The van der Waals surface area contributed by atoms with E-state index in [-0.39, 0.29) is 29.1 Å². The van der Waals surface area contributed by atoms with E-state index in [0.717, 1.165) is 0 Å². The number of nitrogens with zero attached hydrogens (tertiary/aromatic N) is 3. The Balaban J connectivity index is 1.83. The number of hydrogen-bond donors (Lipinski definition) is 0. The average Bonchev–Trinajstić information content (AvgIpc) is 2.65. The molecule has 0 aliphatic rings. The number of pyridine rings is 1. The molecule has 2 aromatic heterocycles. The molecule has 0 saturated heterocycles. The lowest BCUT2D eigenvalue weighted by molar-refractivity contribution is -0.386. The molecule has 0 fully saturated rings. The predicted octanol–water partition coefficient (Wildman–Crippen LogP) is 3.91. The third kappa shape index (κ3) is 4.43. The van der Waals surface area contributed by atoms with Crippen molar-refractivity contribution in [3.63, 3.8) is 0 Å². The van der Waals surface area contributed by atoms with Gasteiger partial charge in [0.05, 0.1) is 21.2 Å². The topological polar surface area (TPSA) is 104 Å². The van der Waals surface area contributed by atoms with Gasteiger partial charge >= 0.3 is 5.97 Å². The number of nitro groups is 1. The van der Waals surface area contributed by atoms with Crippen LogP contribution in [0.3, 0.4) is 0 Å². The minimum Gasteiger partial charge on any atom is -0.456 e. The van der Waals surface area contributed by atoms with Crippen LogP contribution >= 0.6 is 11.6 Å². The highest BCUT2D eigenvalue weighted by Gasteiger charge is 2.26. The molecule has 8 nitrogen and oxygen atoms in total. The molecule has 0 amide bonds. The second kappa shape index (κ2) is 7.63. The maximum atomic E-state index is 12.4. The van der Waals surface area contributed by atoms with Gasteiger partial charge in [0.25, 0.3) is 11.2 Å². The number of fused-ring (bicyclic) bond motifs is 1. The minimum atomic E-state index is -0.744. The number of carbonyl (C=O) groups is 1. The summed E-state index contributed by atoms with van der Waals surface area (Å²) in [5.74, 6) is -0.744. The summed E-state index contributed by atoms with van der Waals surface area (Å²) in [5, 5.41) is 11.8. The molecule has 2 heterocycles. The zero-order chi connectivity index (χ0) is 21.3. The molecule has 3 rings (SSSR count). The van der Waals surface area contributed by atoms with Crippen molar-refractivity contribution in [3.05, 3.63) is 84.9 Å². The Bertz CT molecular complexity index is 1180. The predicted molar refractivity (Wildman–Crippen MR) is 107 cm³/mol. The molecule has 0 aliphatic heterocycles. The van der Waals surface area contributed by atoms with Crippen LogP contribution < -0.4 is 5.56 Å². The molecule has 150 valence electrons. The Morgan fingerprint density at radius 3 is 2.62 bits per heavy atom. The minimum absolute atomic E-state index is 0.0500. The summed E-state index contributed by atoms with van der Waals surface area (Å²) in [4.78, 5) is 39.7. The molecule has 0 radical (unpaired) electrons. The van der Waals surface area contributed by atoms with E-state index in [2.05, 4.69) is 4.98 Å². The van der Waals surface area contributed by atoms with Crippen molar-refractivity contribution < 1.29 is 14.5 Å². The number of benzene rings is 1. The highest BCUT2D eigenvalue weighted by atomic mass is 35.5. The number of rotatable bonds is 4. The summed E-state index contributed by atoms with van der Waals surface area (Å²) in [5.41, 5.74) is 0.213. The largest absolute Gasteiger partial charge is 0.456 e. The number of hydrogen-bond acceptors (Lipinski definition) is 6. The van der Waals surface area contributed by atoms with Gasteiger partial charge in [-0.25, -0.2) is 9.78 Å². The molecule has 0 bridgehead atoms. The molecule has 9 heteroatoms. The van der Waals surface area contributed by atoms with Crippen LogP contribution in [0.5, 0.6) is 0 Å². The first kappa shape index (κ1) is 20.5. The van der Waals surface area contributed by atoms with E-state index in [9.17, 15) is 19.7 Å². The zero-order valence-corrected chi connectivity index (χ0v) is 16.8. The van der Waals surface area contributed by atoms with Crippen LogP contribution in [0.1, 0.15) is 42.4 Å². The van der Waals surface area contributed by atoms with E-state index >= 15 is 0 Å². The molecular formula is C20H18ClN3O5. The quantitative estimate of drug-likeness (QED) is 0.363. The molecular weight excluding hydrogens is 398 g/mol. The molecule has 0 N–H and O–H groups in total. The van der Waals surface area contributed by atoms with E-state index in [4.69, 9.17) is 16.3 Å². The summed E-state index contributed by atoms with van der Waals surface area (Å²) in [6, 6.07) is 8.65. The SMILES string of the molecule is CC(C)(C)c1ccc(C(=O)OCc2cc(=O)n3cc(Cl)ccc3n2)cc1[N+](=O)[O-]. The molecule has 0 aliphatic carbocycles. The fourth-order valence-electron chi connectivity index (χ4n) is 2.87. The molecule has 0 spiro atoms. The molecule has 0 saturated carbocycles. The normalized spacial score (nSPS) is 11.4. The van der Waals surface area contributed by atoms with Crippen molar-refractivity contribution in [1.29, 1.82) is 0 Å². The molecule has 29 heavy (non-hydrogen) atoms. The average molecular weight is 416 g/mol. The first-order valence-corrected chi connectivity index (χ1v) is 9.08. The summed E-state index contributed by atoms with van der Waals surface area (Å²) in [6.45, 7) is 5.31. The van der Waals surface area contributed by atoms with Gasteiger partial charge in [-0.15, -0.1) is 0 Å². The highest BCUT2D eigenvalue weighted by Crippen LogP contribution is 2.32. The standard InChI is InChI=1S/C20H18ClN3O5/c1-20(2,3)15-6-4-12(8-16(15)24(27)28)19(26)29-11-14-9-18(25)23-10-13(21)5-7-17(23)22-14/h4-10H,11H2,1-3H3. The second-order valence-electron chi connectivity index (χ2n) is 7.48. The van der Waals surface area contributed by atoms with E-state index in [1.54, 1.807) is 18.2 Å². The zero-order valence-electron chi connectivity index (χ0n) is 16.0. The van der Waals surface area contributed by atoms with E-state index < -0.39 is 16.3 Å². The number of carbonyl (C=O) groups excluding carboxylic acids is 1. The number of halogens is 1. The number of ether oxygens (including phenoxy) is 1. The summed E-state index contributed by atoms with van der Waals surface area (Å²) >= 11 is 5.87. The molecule has 0 atom stereocenters. The Morgan fingerprint density at radius 2 is 1.97 bits per heavy atom. The van der Waals surface area contributed by atoms with Crippen LogP contribution in [-0.4, -0.2) is 20.3 Å². The first-order valence-electron chi connectivity index (χ1n) is 8.70. The van der Waals surface area contributed by atoms with Gasteiger partial charge in [0.1, 0.15) is 12.3 Å². The van der Waals surface area contributed by atoms with Crippen LogP contribution in [0.2, 0.25) is 5.02 Å². The lowest BCUT2D eigenvalue weighted by atomic mass is 9.85. The van der Waals surface area contributed by atoms with Gasteiger partial charge in [-0.2, -0.15) is 0 Å². The Hall–Kier alpha value is -3.26. The van der Waals surface area contributed by atoms with Crippen molar-refractivity contribution in [2.45, 2.75) is 32.8 Å². The number of esters is 1. The van der Waals surface area contributed by atoms with Crippen LogP contribution in [0.25, 0.3) is 5.65 Å². The third-order valence-electron chi connectivity index (χ3n) is 4.27. The number of aromatic nitrogens is 2. The fourth-order valence-corrected chi connectivity index (χ4v) is 3.03. The van der Waals surface area contributed by atoms with Gasteiger partial charge in [0.15, 0.2) is 0 Å². The Morgan fingerprint density at radius 1 is 1.24 bits per heavy atom. The van der Waals surface area contributed by atoms with Crippen molar-refractivity contribution in [2.24, 2.45) is 0 Å². The van der Waals surface area contributed by atoms with Crippen molar-refractivity contribution >= 4 is 28.9 Å². The van der Waals surface area contributed by atoms with Crippen molar-refractivity contribution in [3.8, 4) is 0 Å². The van der Waals surface area contributed by atoms with Crippen molar-refractivity contribution in [2.75, 3.05) is 0 Å². The monoisotopic (exact) mass is 415 g/mol. The number of nitro benzene ring substituents is 1. The second-order valence-corrected chi connectivity index (χ2v) is 7.91. The van der Waals surface area contributed by atoms with Gasteiger partial charge in [-0.1, -0.05) is 38.4 Å². The maximum Gasteiger partial charge on any atom is 0.338 e. The van der Waals surface area contributed by atoms with E-state index in [1.807, 2.05) is 20.8 Å². The third-order valence-corrected chi connectivity index (χ3v) is 4.49. The van der Waals surface area contributed by atoms with E-state index in [1.165, 1.54) is 28.8 Å². The Labute approximate surface area is 170 Å². The van der Waals surface area contributed by atoms with Crippen LogP contribution in [0.15, 0.2) is 47.4 Å². The van der Waals surface area contributed by atoms with Gasteiger partial charge in [-0.05, 0) is 23.6 Å². The van der Waals surface area contributed by atoms with Crippen LogP contribution in [0, 0.1) is 10.1 Å². The van der Waals surface area contributed by atoms with Gasteiger partial charge < -0.3 is 4.74 Å². The molecule has 0 unspecified atom stereocenters. The molecule has 3 aromatic rings. The van der Waals surface area contributed by atoms with E-state index in [0.29, 0.717) is 16.2 Å². The lowest BCUT2D eigenvalue weighted by Gasteiger charge is -2.19. The van der Waals surface area contributed by atoms with Gasteiger partial charge in [-0.3, -0.25) is 19.3 Å². The highest BCUT2D eigenvalue weighted by molar-refractivity contribution is 6.30. The summed E-state index contributed by atoms with van der Waals surface area (Å²) in [7, 11) is 0. The van der Waals surface area contributed by atoms with Crippen molar-refractivity contribution in [1.82, 2.24) is 9.38 Å². The Kier molecular flexibility index (Phi) is 5.39. The maximum absolute atomic E-state index is 12.4. The van der Waals surface area contributed by atoms with Gasteiger partial charge in [0.2, 0.25) is 0 Å². The lowest BCUT2D eigenvalue weighted by Crippen LogP contribution is -2.17. The van der Waals surface area contributed by atoms with Crippen LogP contribution in [0.4, 0.5) is 5.69 Å². The first-order chi connectivity index (χ1) is 13.6.